The molecular formula is C22H30N4O2. The van der Waals surface area contributed by atoms with Gasteiger partial charge >= 0.3 is 5.69 Å². The number of nitrogens with zero attached hydrogens (tertiary/aromatic N) is 3. The second-order valence-electron chi connectivity index (χ2n) is 8.79. The van der Waals surface area contributed by atoms with E-state index in [0.717, 1.165) is 69.3 Å². The van der Waals surface area contributed by atoms with Crippen LogP contribution in [0.2, 0.25) is 0 Å². The van der Waals surface area contributed by atoms with E-state index >= 15 is 0 Å². The van der Waals surface area contributed by atoms with Crippen molar-refractivity contribution < 1.29 is 4.79 Å². The number of para-hydroxylation sites is 2. The number of H-pyrrole nitrogens is 1. The summed E-state index contributed by atoms with van der Waals surface area (Å²) in [6, 6.07) is 8.71. The van der Waals surface area contributed by atoms with Gasteiger partial charge < -0.3 is 9.88 Å². The summed E-state index contributed by atoms with van der Waals surface area (Å²) < 4.78 is 1.96. The molecule has 1 aromatic heterocycles. The van der Waals surface area contributed by atoms with E-state index in [9.17, 15) is 9.59 Å². The lowest BCUT2D eigenvalue weighted by atomic mass is 10.0. The van der Waals surface area contributed by atoms with Gasteiger partial charge in [0.1, 0.15) is 0 Å². The van der Waals surface area contributed by atoms with Crippen molar-refractivity contribution in [3.63, 3.8) is 0 Å². The van der Waals surface area contributed by atoms with Crippen LogP contribution in [0.1, 0.15) is 51.0 Å². The highest BCUT2D eigenvalue weighted by Crippen LogP contribution is 2.31. The van der Waals surface area contributed by atoms with Gasteiger partial charge in [-0.1, -0.05) is 25.0 Å². The molecule has 3 heterocycles. The first-order valence-electron chi connectivity index (χ1n) is 10.9. The fourth-order valence-corrected chi connectivity index (χ4v) is 5.62. The van der Waals surface area contributed by atoms with Crippen molar-refractivity contribution in [2.75, 3.05) is 26.2 Å². The van der Waals surface area contributed by atoms with Gasteiger partial charge in [0.05, 0.1) is 11.0 Å². The molecule has 2 saturated heterocycles. The Morgan fingerprint density at radius 1 is 0.929 bits per heavy atom. The summed E-state index contributed by atoms with van der Waals surface area (Å²) in [7, 11) is 0. The molecule has 2 aromatic rings. The lowest BCUT2D eigenvalue weighted by Crippen LogP contribution is -2.45. The van der Waals surface area contributed by atoms with Crippen molar-refractivity contribution in [2.24, 2.45) is 5.92 Å². The van der Waals surface area contributed by atoms with E-state index in [4.69, 9.17) is 0 Å². The first-order chi connectivity index (χ1) is 13.7. The average Bonchev–Trinajstić information content (AvgIpc) is 3.47. The molecule has 1 amide bonds. The van der Waals surface area contributed by atoms with Crippen LogP contribution in [0, 0.1) is 5.92 Å². The molecule has 1 aromatic carbocycles. The minimum Gasteiger partial charge on any atom is -0.341 e. The molecule has 3 fully saturated rings. The number of piperidine rings is 1. The van der Waals surface area contributed by atoms with Gasteiger partial charge in [0, 0.05) is 44.2 Å². The molecule has 0 radical (unpaired) electrons. The van der Waals surface area contributed by atoms with Crippen molar-refractivity contribution in [3.8, 4) is 0 Å². The van der Waals surface area contributed by atoms with Crippen LogP contribution in [0.4, 0.5) is 0 Å². The largest absolute Gasteiger partial charge is 0.341 e. The van der Waals surface area contributed by atoms with Gasteiger partial charge in [-0.25, -0.2) is 4.79 Å². The third kappa shape index (κ3) is 3.17. The van der Waals surface area contributed by atoms with Crippen LogP contribution in [-0.2, 0) is 4.79 Å². The van der Waals surface area contributed by atoms with E-state index in [2.05, 4.69) is 14.8 Å². The molecule has 150 valence electrons. The van der Waals surface area contributed by atoms with E-state index in [1.807, 2.05) is 28.8 Å². The van der Waals surface area contributed by atoms with Crippen LogP contribution < -0.4 is 5.69 Å². The molecule has 1 N–H and O–H groups in total. The lowest BCUT2D eigenvalue weighted by molar-refractivity contribution is -0.134. The van der Waals surface area contributed by atoms with Gasteiger partial charge in [-0.3, -0.25) is 14.3 Å². The quantitative estimate of drug-likeness (QED) is 0.888. The normalized spacial score (nSPS) is 25.1. The Balaban J connectivity index is 1.21. The van der Waals surface area contributed by atoms with Crippen LogP contribution in [-0.4, -0.2) is 57.5 Å². The average molecular weight is 383 g/mol. The maximum atomic E-state index is 12.7. The molecule has 1 saturated carbocycles. The number of aromatic amines is 1. The summed E-state index contributed by atoms with van der Waals surface area (Å²) in [5.41, 5.74) is 1.95. The Morgan fingerprint density at radius 3 is 2.43 bits per heavy atom. The minimum absolute atomic E-state index is 0.00820. The third-order valence-electron chi connectivity index (χ3n) is 7.18. The fraction of sp³-hybridized carbons (Fsp3) is 0.636. The number of hydrogen-bond acceptors (Lipinski definition) is 3. The number of nitrogens with one attached hydrogen (secondary N) is 1. The Labute approximate surface area is 165 Å². The maximum Gasteiger partial charge on any atom is 0.326 e. The highest BCUT2D eigenvalue weighted by atomic mass is 16.2. The Kier molecular flexibility index (Phi) is 4.75. The van der Waals surface area contributed by atoms with Gasteiger partial charge in [-0.2, -0.15) is 0 Å². The van der Waals surface area contributed by atoms with Crippen LogP contribution in [0.15, 0.2) is 29.1 Å². The molecular weight excluding hydrogens is 352 g/mol. The highest BCUT2D eigenvalue weighted by Gasteiger charge is 2.36. The minimum atomic E-state index is 0.00820. The highest BCUT2D eigenvalue weighted by molar-refractivity contribution is 5.79. The van der Waals surface area contributed by atoms with E-state index in [0.29, 0.717) is 17.9 Å². The van der Waals surface area contributed by atoms with Gasteiger partial charge in [0.15, 0.2) is 0 Å². The molecule has 0 unspecified atom stereocenters. The van der Waals surface area contributed by atoms with E-state index in [-0.39, 0.29) is 11.7 Å². The number of fused-ring (bicyclic) bond motifs is 1. The second-order valence-corrected chi connectivity index (χ2v) is 8.79. The molecule has 3 aliphatic rings. The summed E-state index contributed by atoms with van der Waals surface area (Å²) in [5, 5.41) is 0. The molecule has 6 heteroatoms. The van der Waals surface area contributed by atoms with Gasteiger partial charge in [0.25, 0.3) is 0 Å². The smallest absolute Gasteiger partial charge is 0.326 e. The molecule has 2 aliphatic heterocycles. The predicted octanol–water partition coefficient (Wildman–Crippen LogP) is 2.76. The zero-order valence-corrected chi connectivity index (χ0v) is 16.5. The molecule has 1 aliphatic carbocycles. The van der Waals surface area contributed by atoms with Gasteiger partial charge in [-0.15, -0.1) is 0 Å². The zero-order valence-electron chi connectivity index (χ0n) is 16.5. The van der Waals surface area contributed by atoms with Crippen LogP contribution >= 0.6 is 0 Å². The summed E-state index contributed by atoms with van der Waals surface area (Å²) in [4.78, 5) is 32.8. The first-order valence-corrected chi connectivity index (χ1v) is 10.9. The fourth-order valence-electron chi connectivity index (χ4n) is 5.62. The predicted molar refractivity (Wildman–Crippen MR) is 109 cm³/mol. The number of hydrogen-bond donors (Lipinski definition) is 1. The molecule has 0 bridgehead atoms. The van der Waals surface area contributed by atoms with Crippen molar-refractivity contribution in [3.05, 3.63) is 34.7 Å². The Bertz CT molecular complexity index is 903. The van der Waals surface area contributed by atoms with Crippen molar-refractivity contribution in [2.45, 2.75) is 57.0 Å². The number of carbonyl (C=O) groups excluding carboxylic acids is 1. The summed E-state index contributed by atoms with van der Waals surface area (Å²) in [6.07, 6.45) is 7.69. The monoisotopic (exact) mass is 382 g/mol. The topological polar surface area (TPSA) is 61.3 Å². The van der Waals surface area contributed by atoms with Gasteiger partial charge in [0.2, 0.25) is 5.91 Å². The summed E-state index contributed by atoms with van der Waals surface area (Å²) in [5.74, 6) is 0.693. The first kappa shape index (κ1) is 18.0. The number of benzene rings is 1. The maximum absolute atomic E-state index is 12.7. The summed E-state index contributed by atoms with van der Waals surface area (Å²) in [6.45, 7) is 3.83. The molecule has 5 rings (SSSR count). The second kappa shape index (κ2) is 7.39. The zero-order chi connectivity index (χ0) is 19.1. The van der Waals surface area contributed by atoms with Crippen LogP contribution in [0.5, 0.6) is 0 Å². The van der Waals surface area contributed by atoms with Gasteiger partial charge in [-0.05, 0) is 44.2 Å². The number of carbonyl (C=O) groups is 1. The van der Waals surface area contributed by atoms with E-state index in [1.165, 1.54) is 12.8 Å². The molecule has 1 atom stereocenters. The number of aromatic nitrogens is 2. The number of imidazole rings is 1. The Hall–Kier alpha value is -2.08. The number of amides is 1. The SMILES string of the molecule is O=C(C1CCCC1)N1CC[C@H](N2CCC(n3c(=O)[nH]c4ccccc43)CC2)C1. The molecule has 28 heavy (non-hydrogen) atoms. The lowest BCUT2D eigenvalue weighted by Gasteiger charge is -2.36. The third-order valence-corrected chi connectivity index (χ3v) is 7.18. The number of rotatable bonds is 3. The van der Waals surface area contributed by atoms with Crippen LogP contribution in [0.25, 0.3) is 11.0 Å². The number of likely N-dealkylation sites (tertiary alicyclic amines) is 2. The van der Waals surface area contributed by atoms with Crippen molar-refractivity contribution >= 4 is 16.9 Å². The van der Waals surface area contributed by atoms with E-state index in [1.54, 1.807) is 0 Å². The standard InChI is InChI=1S/C22H30N4O2/c27-21(16-5-1-2-6-16)25-14-11-18(15-25)24-12-9-17(10-13-24)26-20-8-4-3-7-19(20)23-22(26)28/h3-4,7-8,16-18H,1-2,5-6,9-15H2,(H,23,28)/t18-/m0/s1. The molecule has 0 spiro atoms. The van der Waals surface area contributed by atoms with E-state index < -0.39 is 0 Å². The van der Waals surface area contributed by atoms with Crippen molar-refractivity contribution in [1.29, 1.82) is 0 Å². The molecule has 6 nitrogen and oxygen atoms in total. The van der Waals surface area contributed by atoms with Crippen molar-refractivity contribution in [1.82, 2.24) is 19.4 Å². The van der Waals surface area contributed by atoms with Crippen LogP contribution in [0.3, 0.4) is 0 Å². The Morgan fingerprint density at radius 2 is 1.64 bits per heavy atom. The summed E-state index contributed by atoms with van der Waals surface area (Å²) >= 11 is 0.